The van der Waals surface area contributed by atoms with Crippen molar-refractivity contribution in [1.29, 1.82) is 0 Å². The van der Waals surface area contributed by atoms with Crippen LogP contribution in [0.25, 0.3) is 4.13 Å². The van der Waals surface area contributed by atoms with Gasteiger partial charge in [0.15, 0.2) is 20.0 Å². The van der Waals surface area contributed by atoms with Gasteiger partial charge in [-0.2, -0.15) is 43.9 Å². The zero-order chi connectivity index (χ0) is 32.4. The maximum Gasteiger partial charge on any atom is 0.467 e. The number of aliphatic hydroxyl groups is 1. The SMILES string of the molecule is C=CC(=O)OCC(O)C[N+](C)(CCCC)CCCC.O=S(=O)([N-]S(=O)(=O)C(F)(F)C(F)(F)F)C(F)(F)C(F)(F)F. The minimum atomic E-state index is -7.62. The molecule has 0 aliphatic heterocycles. The Bertz CT molecular complexity index is 969. The van der Waals surface area contributed by atoms with Crippen LogP contribution in [0.5, 0.6) is 0 Å². The standard InChI is InChI=1S/C15H30NO3.C4F10NO4S2/c1-5-8-10-16(4,11-9-6-2)12-14(17)13-19-15(18)7-3;5-1(6,7)3(11,12)20(16,17)15-21(18,19)4(13,14)2(8,9)10/h7,14,17H,3,5-6,8-13H2,1-2,4H3;/q+1;-1. The Balaban J connectivity index is 0. The summed E-state index contributed by atoms with van der Waals surface area (Å²) in [5.74, 6) is -0.477. The third-order valence-corrected chi connectivity index (χ3v) is 8.17. The van der Waals surface area contributed by atoms with Crippen LogP contribution in [0, 0.1) is 0 Å². The second-order valence-corrected chi connectivity index (χ2v) is 12.0. The van der Waals surface area contributed by atoms with E-state index in [1.807, 2.05) is 0 Å². The average molecular weight is 653 g/mol. The Labute approximate surface area is 224 Å². The quantitative estimate of drug-likeness (QED) is 0.120. The van der Waals surface area contributed by atoms with E-state index in [0.717, 1.165) is 49.3 Å². The molecule has 0 aliphatic carbocycles. The van der Waals surface area contributed by atoms with Crippen molar-refractivity contribution in [3.05, 3.63) is 16.8 Å². The second kappa shape index (κ2) is 15.0. The molecule has 1 N–H and O–H groups in total. The van der Waals surface area contributed by atoms with Crippen molar-refractivity contribution < 1.29 is 79.9 Å². The van der Waals surface area contributed by atoms with Gasteiger partial charge in [0, 0.05) is 6.08 Å². The largest absolute Gasteiger partial charge is 0.467 e. The van der Waals surface area contributed by atoms with Crippen molar-refractivity contribution in [2.24, 2.45) is 0 Å². The summed E-state index contributed by atoms with van der Waals surface area (Å²) in [4.78, 5) is 11.0. The first kappa shape index (κ1) is 40.4. The predicted octanol–water partition coefficient (Wildman–Crippen LogP) is 4.45. The van der Waals surface area contributed by atoms with Crippen LogP contribution in [-0.2, 0) is 29.6 Å². The summed E-state index contributed by atoms with van der Waals surface area (Å²) in [6.07, 6.45) is -8.88. The van der Waals surface area contributed by atoms with E-state index in [-0.39, 0.29) is 6.61 Å². The van der Waals surface area contributed by atoms with Crippen LogP contribution in [0.15, 0.2) is 12.7 Å². The Hall–Kier alpha value is -1.71. The van der Waals surface area contributed by atoms with Crippen LogP contribution in [0.1, 0.15) is 39.5 Å². The lowest BCUT2D eigenvalue weighted by Crippen LogP contribution is -2.51. The number of quaternary nitrogens is 1. The molecule has 1 unspecified atom stereocenters. The molecule has 0 aliphatic rings. The maximum atomic E-state index is 12.3. The van der Waals surface area contributed by atoms with Gasteiger partial charge in [-0.15, -0.1) is 0 Å². The molecule has 0 fully saturated rings. The number of rotatable bonds is 15. The van der Waals surface area contributed by atoms with E-state index in [0.29, 0.717) is 10.7 Å². The fraction of sp³-hybridized carbons (Fsp3) is 0.842. The lowest BCUT2D eigenvalue weighted by Gasteiger charge is -2.36. The van der Waals surface area contributed by atoms with Crippen LogP contribution in [0.4, 0.5) is 43.9 Å². The number of likely N-dealkylation sites (N-methyl/N-ethyl adjacent to an activating group) is 1. The fourth-order valence-corrected chi connectivity index (χ4v) is 5.06. The Morgan fingerprint density at radius 1 is 0.875 bits per heavy atom. The van der Waals surface area contributed by atoms with E-state index >= 15 is 0 Å². The molecule has 40 heavy (non-hydrogen) atoms. The second-order valence-electron chi connectivity index (χ2n) is 8.50. The van der Waals surface area contributed by atoms with E-state index < -0.39 is 55.0 Å². The highest BCUT2D eigenvalue weighted by molar-refractivity contribution is 8.13. The highest BCUT2D eigenvalue weighted by Gasteiger charge is 2.68. The van der Waals surface area contributed by atoms with Crippen LogP contribution in [0.2, 0.25) is 0 Å². The van der Waals surface area contributed by atoms with E-state index in [2.05, 4.69) is 27.5 Å². The molecule has 0 saturated carbocycles. The number of alkyl halides is 10. The van der Waals surface area contributed by atoms with Gasteiger partial charge in [0.25, 0.3) is 0 Å². The normalized spacial score (nSPS) is 14.7. The van der Waals surface area contributed by atoms with Gasteiger partial charge >= 0.3 is 28.8 Å². The molecule has 0 spiro atoms. The molecule has 0 amide bonds. The van der Waals surface area contributed by atoms with Crippen molar-refractivity contribution >= 4 is 26.0 Å². The number of sulfonamides is 2. The molecule has 0 radical (unpaired) electrons. The summed E-state index contributed by atoms with van der Waals surface area (Å²) in [5.41, 5.74) is 0. The number of halogens is 10. The molecule has 0 rings (SSSR count). The molecule has 9 nitrogen and oxygen atoms in total. The Kier molecular flexibility index (Phi) is 15.1. The van der Waals surface area contributed by atoms with Gasteiger partial charge in [0.1, 0.15) is 19.3 Å². The lowest BCUT2D eigenvalue weighted by molar-refractivity contribution is -0.913. The van der Waals surface area contributed by atoms with Crippen molar-refractivity contribution in [1.82, 2.24) is 0 Å². The van der Waals surface area contributed by atoms with E-state index in [1.165, 1.54) is 0 Å². The number of aliphatic hydroxyl groups excluding tert-OH is 1. The fourth-order valence-electron chi connectivity index (χ4n) is 2.69. The van der Waals surface area contributed by atoms with Gasteiger partial charge in [0.05, 0.1) is 20.1 Å². The van der Waals surface area contributed by atoms with Gasteiger partial charge in [-0.1, -0.05) is 33.3 Å². The molecule has 0 heterocycles. The Morgan fingerprint density at radius 2 is 1.23 bits per heavy atom. The summed E-state index contributed by atoms with van der Waals surface area (Å²) in [7, 11) is -13.1. The number of carbonyl (C=O) groups is 1. The van der Waals surface area contributed by atoms with Gasteiger partial charge < -0.3 is 18.5 Å². The van der Waals surface area contributed by atoms with Gasteiger partial charge in [-0.3, -0.25) is 0 Å². The molecular weight excluding hydrogens is 622 g/mol. The molecule has 0 bridgehead atoms. The number of hydrogen-bond acceptors (Lipinski definition) is 7. The predicted molar refractivity (Wildman–Crippen MR) is 121 cm³/mol. The molecule has 21 heteroatoms. The Morgan fingerprint density at radius 3 is 1.50 bits per heavy atom. The van der Waals surface area contributed by atoms with Crippen molar-refractivity contribution in [3.8, 4) is 0 Å². The third kappa shape index (κ3) is 11.6. The van der Waals surface area contributed by atoms with Crippen LogP contribution >= 0.6 is 0 Å². The number of nitrogens with zero attached hydrogens (tertiary/aromatic N) is 2. The average Bonchev–Trinajstić information content (AvgIpc) is 2.78. The molecule has 0 saturated heterocycles. The number of esters is 1. The number of carbonyl (C=O) groups excluding carboxylic acids is 1. The summed E-state index contributed by atoms with van der Waals surface area (Å²) in [6.45, 7) is 10.5. The molecule has 0 aromatic carbocycles. The highest BCUT2D eigenvalue weighted by atomic mass is 32.3. The van der Waals surface area contributed by atoms with Crippen LogP contribution in [0.3, 0.4) is 0 Å². The first-order valence-corrected chi connectivity index (χ1v) is 14.0. The van der Waals surface area contributed by atoms with Crippen molar-refractivity contribution in [2.75, 3.05) is 33.3 Å². The summed E-state index contributed by atoms with van der Waals surface area (Å²) in [5, 5.41) is -3.98. The third-order valence-electron chi connectivity index (χ3n) is 4.84. The van der Waals surface area contributed by atoms with E-state index in [9.17, 15) is 70.6 Å². The summed E-state index contributed by atoms with van der Waals surface area (Å²) < 4.78 is 167. The summed E-state index contributed by atoms with van der Waals surface area (Å²) >= 11 is 0. The van der Waals surface area contributed by atoms with Crippen molar-refractivity contribution in [3.63, 3.8) is 0 Å². The monoisotopic (exact) mass is 652 g/mol. The van der Waals surface area contributed by atoms with Crippen LogP contribution in [-0.4, -0.2) is 94.6 Å². The minimum Gasteiger partial charge on any atom is -0.460 e. The molecular formula is C19H30F10N2O7S2. The summed E-state index contributed by atoms with van der Waals surface area (Å²) in [6, 6.07) is 0. The smallest absolute Gasteiger partial charge is 0.460 e. The number of hydrogen-bond donors (Lipinski definition) is 1. The van der Waals surface area contributed by atoms with Gasteiger partial charge in [-0.25, -0.2) is 21.6 Å². The maximum absolute atomic E-state index is 12.3. The zero-order valence-electron chi connectivity index (χ0n) is 21.4. The van der Waals surface area contributed by atoms with Gasteiger partial charge in [0.2, 0.25) is 0 Å². The van der Waals surface area contributed by atoms with E-state index in [4.69, 9.17) is 4.74 Å². The minimum absolute atomic E-state index is 0.0525. The van der Waals surface area contributed by atoms with Crippen LogP contribution < -0.4 is 0 Å². The lowest BCUT2D eigenvalue weighted by atomic mass is 10.2. The van der Waals surface area contributed by atoms with Crippen molar-refractivity contribution in [2.45, 2.75) is 68.5 Å². The topological polar surface area (TPSA) is 129 Å². The zero-order valence-corrected chi connectivity index (χ0v) is 23.0. The van der Waals surface area contributed by atoms with Gasteiger partial charge in [-0.05, 0) is 12.8 Å². The first-order chi connectivity index (χ1) is 17.7. The molecule has 0 aromatic rings. The molecule has 240 valence electrons. The highest BCUT2D eigenvalue weighted by Crippen LogP contribution is 2.47. The first-order valence-electron chi connectivity index (χ1n) is 11.1. The molecule has 0 aromatic heterocycles. The van der Waals surface area contributed by atoms with E-state index in [1.54, 1.807) is 0 Å². The molecule has 1 atom stereocenters. The number of ether oxygens (including phenoxy) is 1. The number of unbranched alkanes of at least 4 members (excludes halogenated alkanes) is 2.